The molecule has 3 heterocycles. The molecule has 3 saturated carbocycles. The van der Waals surface area contributed by atoms with Gasteiger partial charge in [0.05, 0.1) is 37.4 Å². The first-order valence-corrected chi connectivity index (χ1v) is 24.6. The Morgan fingerprint density at radius 1 is 0.930 bits per heavy atom. The van der Waals surface area contributed by atoms with Crippen LogP contribution in [0.25, 0.3) is 5.57 Å². The van der Waals surface area contributed by atoms with Gasteiger partial charge >= 0.3 is 5.97 Å². The molecule has 3 saturated heterocycles. The van der Waals surface area contributed by atoms with E-state index in [0.717, 1.165) is 71.2 Å². The van der Waals surface area contributed by atoms with Crippen molar-refractivity contribution < 1.29 is 22.7 Å². The molecule has 57 heavy (non-hydrogen) atoms. The number of nitrogens with one attached hydrogen (secondary N) is 2. The van der Waals surface area contributed by atoms with Crippen molar-refractivity contribution in [1.82, 2.24) is 20.4 Å². The number of fused-ring (bicyclic) bond motifs is 5. The van der Waals surface area contributed by atoms with Crippen LogP contribution in [0.15, 0.2) is 30.3 Å². The van der Waals surface area contributed by atoms with Gasteiger partial charge in [-0.1, -0.05) is 59.8 Å². The molecule has 8 rings (SSSR count). The molecule has 0 bridgehead atoms. The molecule has 6 fully saturated rings. The van der Waals surface area contributed by atoms with E-state index in [1.54, 1.807) is 0 Å². The van der Waals surface area contributed by atoms with Gasteiger partial charge in [-0.15, -0.1) is 0 Å². The van der Waals surface area contributed by atoms with E-state index in [0.29, 0.717) is 59.7 Å². The summed E-state index contributed by atoms with van der Waals surface area (Å²) in [5, 5.41) is 8.48. The molecule has 0 spiro atoms. The van der Waals surface area contributed by atoms with E-state index in [-0.39, 0.29) is 33.3 Å². The Hall–Kier alpha value is -1.82. The molecule has 318 valence electrons. The molecule has 2 N–H and O–H groups in total. The first-order chi connectivity index (χ1) is 27.1. The van der Waals surface area contributed by atoms with E-state index >= 15 is 0 Å². The maximum absolute atomic E-state index is 12.2. The van der Waals surface area contributed by atoms with Crippen LogP contribution in [-0.4, -0.2) is 119 Å². The van der Waals surface area contributed by atoms with Crippen molar-refractivity contribution in [1.29, 1.82) is 0 Å². The van der Waals surface area contributed by atoms with Crippen LogP contribution in [-0.2, 0) is 19.3 Å². The van der Waals surface area contributed by atoms with Crippen LogP contribution in [0.5, 0.6) is 0 Å². The summed E-state index contributed by atoms with van der Waals surface area (Å²) in [6, 6.07) is 8.13. The van der Waals surface area contributed by atoms with Crippen LogP contribution in [0.2, 0.25) is 0 Å². The maximum Gasteiger partial charge on any atom is 0.337 e. The summed E-state index contributed by atoms with van der Waals surface area (Å²) >= 11 is 0. The molecule has 1 aromatic carbocycles. The summed E-state index contributed by atoms with van der Waals surface area (Å²) in [6.45, 7) is 24.6. The molecule has 0 amide bonds. The quantitative estimate of drug-likeness (QED) is 0.190. The highest BCUT2D eigenvalue weighted by Crippen LogP contribution is 2.72. The topological polar surface area (TPSA) is 110 Å². The van der Waals surface area contributed by atoms with Crippen LogP contribution >= 0.6 is 0 Å². The third kappa shape index (κ3) is 7.30. The van der Waals surface area contributed by atoms with Gasteiger partial charge < -0.3 is 25.0 Å². The zero-order valence-electron chi connectivity index (χ0n) is 36.3. The first-order valence-electron chi connectivity index (χ1n) is 22.7. The Labute approximate surface area is 344 Å². The molecule has 9 nitrogen and oxygen atoms in total. The lowest BCUT2D eigenvalue weighted by atomic mass is 9.36. The number of hydrogen-bond acceptors (Lipinski definition) is 9. The normalized spacial score (nSPS) is 40.8. The number of nitrogens with zero attached hydrogens (tertiary/aromatic N) is 2. The molecule has 7 aliphatic rings. The largest absolute Gasteiger partial charge is 0.465 e. The van der Waals surface area contributed by atoms with Gasteiger partial charge in [0.1, 0.15) is 0 Å². The van der Waals surface area contributed by atoms with E-state index in [4.69, 9.17) is 9.47 Å². The van der Waals surface area contributed by atoms with Gasteiger partial charge in [0.2, 0.25) is 0 Å². The van der Waals surface area contributed by atoms with Crippen LogP contribution in [0.1, 0.15) is 109 Å². The Morgan fingerprint density at radius 2 is 1.58 bits per heavy atom. The fourth-order valence-corrected chi connectivity index (χ4v) is 16.1. The van der Waals surface area contributed by atoms with Gasteiger partial charge in [0.15, 0.2) is 9.84 Å². The van der Waals surface area contributed by atoms with Crippen LogP contribution in [0, 0.1) is 51.8 Å². The minimum absolute atomic E-state index is 0.0361. The van der Waals surface area contributed by atoms with E-state index < -0.39 is 9.84 Å². The third-order valence-electron chi connectivity index (χ3n) is 18.0. The van der Waals surface area contributed by atoms with Crippen molar-refractivity contribution in [3.8, 4) is 0 Å². The second kappa shape index (κ2) is 15.6. The predicted molar refractivity (Wildman–Crippen MR) is 229 cm³/mol. The fourth-order valence-electron chi connectivity index (χ4n) is 14.8. The molecule has 3 aliphatic heterocycles. The van der Waals surface area contributed by atoms with E-state index in [9.17, 15) is 13.2 Å². The number of benzene rings is 1. The van der Waals surface area contributed by atoms with Crippen molar-refractivity contribution in [3.05, 3.63) is 41.5 Å². The average Bonchev–Trinajstić information content (AvgIpc) is 4.00. The lowest BCUT2D eigenvalue weighted by molar-refractivity contribution is -0.176. The summed E-state index contributed by atoms with van der Waals surface area (Å²) in [7, 11) is -1.44. The molecule has 10 atom stereocenters. The third-order valence-corrected chi connectivity index (χ3v) is 19.7. The number of esters is 1. The van der Waals surface area contributed by atoms with Crippen molar-refractivity contribution in [2.75, 3.05) is 84.2 Å². The van der Waals surface area contributed by atoms with E-state index in [2.05, 4.69) is 80.2 Å². The van der Waals surface area contributed by atoms with E-state index in [1.165, 1.54) is 56.8 Å². The van der Waals surface area contributed by atoms with Crippen molar-refractivity contribution in [2.24, 2.45) is 51.8 Å². The number of rotatable bonds is 11. The van der Waals surface area contributed by atoms with Gasteiger partial charge in [-0.05, 0) is 120 Å². The van der Waals surface area contributed by atoms with Gasteiger partial charge in [0.25, 0.3) is 0 Å². The molecule has 0 aromatic heterocycles. The molecule has 0 radical (unpaired) electrons. The highest BCUT2D eigenvalue weighted by molar-refractivity contribution is 7.91. The zero-order chi connectivity index (χ0) is 40.4. The average molecular weight is 807 g/mol. The SMILES string of the molecule is CCC1(NCCN2CCS(=O)(=O)CC2)CCC2(C)C3CCC4C(C)(C)C(c5ccc(C(=O)OC)cc5)=CCC4(C)C3CCC2C1C1(C(C)CN2CCOCC2)CN1. The number of ether oxygens (including phenoxy) is 2. The number of methoxy groups -OCH3 is 1. The lowest BCUT2D eigenvalue weighted by Crippen LogP contribution is -2.69. The molecular formula is C47H74N4O5S. The van der Waals surface area contributed by atoms with Crippen LogP contribution in [0.4, 0.5) is 0 Å². The lowest BCUT2D eigenvalue weighted by Gasteiger charge is -2.69. The van der Waals surface area contributed by atoms with Crippen LogP contribution in [0.3, 0.4) is 0 Å². The smallest absolute Gasteiger partial charge is 0.337 e. The minimum atomic E-state index is -2.89. The van der Waals surface area contributed by atoms with Gasteiger partial charge in [-0.3, -0.25) is 4.90 Å². The molecule has 10 unspecified atom stereocenters. The Morgan fingerprint density at radius 3 is 2.23 bits per heavy atom. The predicted octanol–water partition coefficient (Wildman–Crippen LogP) is 6.54. The van der Waals surface area contributed by atoms with Gasteiger partial charge in [0, 0.05) is 69.4 Å². The summed E-state index contributed by atoms with van der Waals surface area (Å²) < 4.78 is 35.2. The second-order valence-corrected chi connectivity index (χ2v) is 23.1. The highest BCUT2D eigenvalue weighted by atomic mass is 32.2. The summed E-state index contributed by atoms with van der Waals surface area (Å²) in [6.07, 6.45) is 12.5. The van der Waals surface area contributed by atoms with Crippen molar-refractivity contribution >= 4 is 21.4 Å². The first kappa shape index (κ1) is 41.9. The molecule has 10 heteroatoms. The number of morpholine rings is 1. The monoisotopic (exact) mass is 807 g/mol. The molecule has 1 aromatic rings. The highest BCUT2D eigenvalue weighted by Gasteiger charge is 2.70. The fraction of sp³-hybridized carbons (Fsp3) is 0.809. The summed E-state index contributed by atoms with van der Waals surface area (Å²) in [4.78, 5) is 17.2. The Bertz CT molecular complexity index is 1760. The second-order valence-electron chi connectivity index (χ2n) is 20.8. The number of sulfone groups is 1. The Kier molecular flexibility index (Phi) is 11.4. The number of carbonyl (C=O) groups is 1. The van der Waals surface area contributed by atoms with Gasteiger partial charge in [-0.2, -0.15) is 0 Å². The van der Waals surface area contributed by atoms with Gasteiger partial charge in [-0.25, -0.2) is 13.2 Å². The van der Waals surface area contributed by atoms with Crippen LogP contribution < -0.4 is 10.6 Å². The molecular weight excluding hydrogens is 733 g/mol. The number of allylic oxidation sites excluding steroid dienone is 2. The minimum Gasteiger partial charge on any atom is -0.465 e. The number of hydrogen-bond donors (Lipinski definition) is 2. The summed E-state index contributed by atoms with van der Waals surface area (Å²) in [5.41, 5.74) is 4.04. The standard InChI is InChI=1S/C47H74N4O5S/c1-8-46(48-21-22-50-25-29-57(53,54)30-26-50)20-19-44(5)37-15-16-40-43(3,4)36(34-9-11-35(12-10-34)42(52)55-7)17-18-45(40,6)38(37)13-14-39(44)41(46)47(32-49-47)33(2)31-51-23-27-56-28-24-51/h9-12,17,33,37-41,48-49H,8,13-16,18-32H2,1-7H3. The van der Waals surface area contributed by atoms with Crippen molar-refractivity contribution in [3.63, 3.8) is 0 Å². The molecule has 4 aliphatic carbocycles. The van der Waals surface area contributed by atoms with E-state index in [1.807, 2.05) is 12.1 Å². The number of carbonyl (C=O) groups excluding carboxylic acids is 1. The van der Waals surface area contributed by atoms with Crippen molar-refractivity contribution in [2.45, 2.75) is 104 Å². The summed E-state index contributed by atoms with van der Waals surface area (Å²) in [5.74, 6) is 4.08. The Balaban J connectivity index is 1.07. The maximum atomic E-state index is 12.2. The zero-order valence-corrected chi connectivity index (χ0v) is 37.2.